The van der Waals surface area contributed by atoms with Crippen LogP contribution in [0.5, 0.6) is 0 Å². The van der Waals surface area contributed by atoms with E-state index in [0.717, 1.165) is 6.42 Å². The first kappa shape index (κ1) is 22.6. The van der Waals surface area contributed by atoms with E-state index in [1.165, 1.54) is 36.4 Å². The second-order valence-corrected chi connectivity index (χ2v) is 9.30. The summed E-state index contributed by atoms with van der Waals surface area (Å²) in [6.45, 7) is 1.67. The van der Waals surface area contributed by atoms with Gasteiger partial charge in [0, 0.05) is 16.5 Å². The molecule has 11 heteroatoms. The third-order valence-electron chi connectivity index (χ3n) is 4.67. The van der Waals surface area contributed by atoms with Crippen molar-refractivity contribution in [1.82, 2.24) is 16.2 Å². The Balaban J connectivity index is 1.56. The summed E-state index contributed by atoms with van der Waals surface area (Å²) in [5, 5.41) is 2.86. The highest BCUT2D eigenvalue weighted by Gasteiger charge is 2.38. The van der Waals surface area contributed by atoms with Gasteiger partial charge in [0.2, 0.25) is 5.91 Å². The molecule has 1 aliphatic rings. The molecule has 2 aromatic rings. The predicted molar refractivity (Wildman–Crippen MR) is 115 cm³/mol. The van der Waals surface area contributed by atoms with Crippen LogP contribution in [0.25, 0.3) is 0 Å². The van der Waals surface area contributed by atoms with E-state index in [0.29, 0.717) is 10.9 Å². The predicted octanol–water partition coefficient (Wildman–Crippen LogP) is 1.67. The molecule has 0 spiro atoms. The van der Waals surface area contributed by atoms with Crippen LogP contribution in [0.1, 0.15) is 23.7 Å². The molecule has 0 saturated heterocycles. The lowest BCUT2D eigenvalue weighted by Crippen LogP contribution is -2.46. The van der Waals surface area contributed by atoms with E-state index in [1.807, 2.05) is 6.92 Å². The number of rotatable bonds is 7. The highest BCUT2D eigenvalue weighted by molar-refractivity contribution is 7.92. The second kappa shape index (κ2) is 9.36. The van der Waals surface area contributed by atoms with Crippen molar-refractivity contribution in [2.45, 2.75) is 18.2 Å². The van der Waals surface area contributed by atoms with Gasteiger partial charge in [-0.1, -0.05) is 30.7 Å². The molecule has 0 bridgehead atoms. The van der Waals surface area contributed by atoms with Crippen LogP contribution in [0.2, 0.25) is 5.02 Å². The molecule has 0 aliphatic heterocycles. The van der Waals surface area contributed by atoms with E-state index in [-0.39, 0.29) is 34.5 Å². The number of carbonyl (C=O) groups excluding carboxylic acids is 3. The standard InChI is InChI=1S/C20H21ClN4O5S/c1-12-8-17(12)20(28)22-11-18(26)23-24-19(27)13-4-2-7-16(9-13)31(29,30)25-15-6-3-5-14(21)10-15/h2-7,9-10,12,17,25H,8,11H2,1H3,(H,22,28)(H,23,26)(H,24,27). The molecule has 31 heavy (non-hydrogen) atoms. The fourth-order valence-corrected chi connectivity index (χ4v) is 4.08. The number of halogens is 1. The van der Waals surface area contributed by atoms with E-state index in [2.05, 4.69) is 20.9 Å². The number of sulfonamides is 1. The molecule has 0 radical (unpaired) electrons. The minimum atomic E-state index is -3.97. The number of amides is 3. The summed E-state index contributed by atoms with van der Waals surface area (Å²) in [7, 11) is -3.97. The van der Waals surface area contributed by atoms with Gasteiger partial charge in [0.15, 0.2) is 0 Å². The van der Waals surface area contributed by atoms with Gasteiger partial charge in [0.05, 0.1) is 17.1 Å². The van der Waals surface area contributed by atoms with Crippen LogP contribution in [0.4, 0.5) is 5.69 Å². The smallest absolute Gasteiger partial charge is 0.269 e. The Morgan fingerprint density at radius 1 is 1.06 bits per heavy atom. The summed E-state index contributed by atoms with van der Waals surface area (Å²) in [6, 6.07) is 11.5. The average molecular weight is 465 g/mol. The van der Waals surface area contributed by atoms with Gasteiger partial charge in [-0.2, -0.15) is 0 Å². The number of hydrogen-bond donors (Lipinski definition) is 4. The third kappa shape index (κ3) is 6.19. The van der Waals surface area contributed by atoms with Crippen molar-refractivity contribution >= 4 is 45.0 Å². The van der Waals surface area contributed by atoms with Crippen LogP contribution in [0.3, 0.4) is 0 Å². The molecule has 0 heterocycles. The third-order valence-corrected chi connectivity index (χ3v) is 6.28. The zero-order chi connectivity index (χ0) is 22.6. The van der Waals surface area contributed by atoms with Crippen LogP contribution in [0.15, 0.2) is 53.4 Å². The molecule has 3 rings (SSSR count). The van der Waals surface area contributed by atoms with Crippen molar-refractivity contribution in [3.63, 3.8) is 0 Å². The Morgan fingerprint density at radius 2 is 1.77 bits per heavy atom. The first-order chi connectivity index (χ1) is 14.7. The van der Waals surface area contributed by atoms with Gasteiger partial charge >= 0.3 is 0 Å². The largest absolute Gasteiger partial charge is 0.347 e. The van der Waals surface area contributed by atoms with Crippen molar-refractivity contribution in [2.75, 3.05) is 11.3 Å². The van der Waals surface area contributed by atoms with Crippen molar-refractivity contribution in [3.05, 3.63) is 59.1 Å². The minimum absolute atomic E-state index is 0.0186. The molecule has 2 aromatic carbocycles. The summed E-state index contributed by atoms with van der Waals surface area (Å²) in [5.41, 5.74) is 4.66. The minimum Gasteiger partial charge on any atom is -0.347 e. The summed E-state index contributed by atoms with van der Waals surface area (Å²) >= 11 is 5.87. The number of hydrazine groups is 1. The van der Waals surface area contributed by atoms with Crippen molar-refractivity contribution in [2.24, 2.45) is 11.8 Å². The highest BCUT2D eigenvalue weighted by Crippen LogP contribution is 2.37. The molecule has 1 aliphatic carbocycles. The van der Waals surface area contributed by atoms with Gasteiger partial charge in [-0.15, -0.1) is 0 Å². The van der Waals surface area contributed by atoms with E-state index in [1.54, 1.807) is 12.1 Å². The summed E-state index contributed by atoms with van der Waals surface area (Å²) in [4.78, 5) is 35.7. The molecule has 1 fully saturated rings. The van der Waals surface area contributed by atoms with Crippen molar-refractivity contribution in [3.8, 4) is 0 Å². The monoisotopic (exact) mass is 464 g/mol. The van der Waals surface area contributed by atoms with Crippen molar-refractivity contribution < 1.29 is 22.8 Å². The molecule has 9 nitrogen and oxygen atoms in total. The maximum Gasteiger partial charge on any atom is 0.269 e. The molecule has 3 amide bonds. The maximum atomic E-state index is 12.6. The molecule has 164 valence electrons. The lowest BCUT2D eigenvalue weighted by molar-refractivity contribution is -0.127. The lowest BCUT2D eigenvalue weighted by Gasteiger charge is -2.11. The Morgan fingerprint density at radius 3 is 2.45 bits per heavy atom. The van der Waals surface area contributed by atoms with Crippen LogP contribution < -0.4 is 20.9 Å². The van der Waals surface area contributed by atoms with Crippen molar-refractivity contribution in [1.29, 1.82) is 0 Å². The molecule has 2 unspecified atom stereocenters. The van der Waals surface area contributed by atoms with Crippen LogP contribution in [0, 0.1) is 11.8 Å². The Bertz CT molecular complexity index is 1120. The lowest BCUT2D eigenvalue weighted by atomic mass is 10.2. The first-order valence-electron chi connectivity index (χ1n) is 9.41. The highest BCUT2D eigenvalue weighted by atomic mass is 35.5. The summed E-state index contributed by atoms with van der Waals surface area (Å²) < 4.78 is 27.6. The molecular weight excluding hydrogens is 444 g/mol. The van der Waals surface area contributed by atoms with Crippen LogP contribution >= 0.6 is 11.6 Å². The zero-order valence-electron chi connectivity index (χ0n) is 16.5. The van der Waals surface area contributed by atoms with Gasteiger partial charge < -0.3 is 5.32 Å². The Hall–Kier alpha value is -3.11. The van der Waals surface area contributed by atoms with Gasteiger partial charge in [-0.05, 0) is 48.7 Å². The number of anilines is 1. The fourth-order valence-electron chi connectivity index (χ4n) is 2.80. The Labute approximate surface area is 184 Å². The number of nitrogens with one attached hydrogen (secondary N) is 4. The normalized spacial score (nSPS) is 17.4. The number of hydrogen-bond acceptors (Lipinski definition) is 5. The topological polar surface area (TPSA) is 133 Å². The first-order valence-corrected chi connectivity index (χ1v) is 11.3. The zero-order valence-corrected chi connectivity index (χ0v) is 18.1. The molecule has 1 saturated carbocycles. The molecule has 2 atom stereocenters. The average Bonchev–Trinajstić information content (AvgIpc) is 3.46. The van der Waals surface area contributed by atoms with Crippen LogP contribution in [-0.2, 0) is 19.6 Å². The van der Waals surface area contributed by atoms with E-state index >= 15 is 0 Å². The summed E-state index contributed by atoms with van der Waals surface area (Å²) in [6.07, 6.45) is 0.801. The number of carbonyl (C=O) groups is 3. The SMILES string of the molecule is CC1CC1C(=O)NCC(=O)NNC(=O)c1cccc(S(=O)(=O)Nc2cccc(Cl)c2)c1. The van der Waals surface area contributed by atoms with Gasteiger partial charge in [0.25, 0.3) is 21.8 Å². The number of benzene rings is 2. The van der Waals surface area contributed by atoms with E-state index in [4.69, 9.17) is 11.6 Å². The molecule has 4 N–H and O–H groups in total. The van der Waals surface area contributed by atoms with E-state index in [9.17, 15) is 22.8 Å². The van der Waals surface area contributed by atoms with Gasteiger partial charge in [-0.3, -0.25) is 30.0 Å². The second-order valence-electron chi connectivity index (χ2n) is 7.18. The maximum absolute atomic E-state index is 12.6. The van der Waals surface area contributed by atoms with Crippen LogP contribution in [-0.4, -0.2) is 32.7 Å². The van der Waals surface area contributed by atoms with Gasteiger partial charge in [0.1, 0.15) is 0 Å². The Kier molecular flexibility index (Phi) is 6.81. The quantitative estimate of drug-likeness (QED) is 0.462. The van der Waals surface area contributed by atoms with E-state index < -0.39 is 21.8 Å². The molecular formula is C20H21ClN4O5S. The fraction of sp³-hybridized carbons (Fsp3) is 0.250. The summed E-state index contributed by atoms with van der Waals surface area (Å²) in [5.74, 6) is -1.26. The van der Waals surface area contributed by atoms with Gasteiger partial charge in [-0.25, -0.2) is 8.42 Å². The molecule has 0 aromatic heterocycles.